The minimum absolute atomic E-state index is 0.0210. The van der Waals surface area contributed by atoms with Gasteiger partial charge in [-0.15, -0.1) is 0 Å². The van der Waals surface area contributed by atoms with Crippen molar-refractivity contribution in [3.05, 3.63) is 34.9 Å². The molecule has 16 heavy (non-hydrogen) atoms. The Morgan fingerprint density at radius 3 is 2.44 bits per heavy atom. The van der Waals surface area contributed by atoms with E-state index in [1.54, 1.807) is 24.3 Å². The second-order valence-electron chi connectivity index (χ2n) is 3.83. The van der Waals surface area contributed by atoms with Gasteiger partial charge in [-0.2, -0.15) is 5.26 Å². The Morgan fingerprint density at radius 2 is 2.00 bits per heavy atom. The van der Waals surface area contributed by atoms with Crippen molar-refractivity contribution in [1.82, 2.24) is 0 Å². The summed E-state index contributed by atoms with van der Waals surface area (Å²) in [7, 11) is 0. The number of nitriles is 1. The van der Waals surface area contributed by atoms with Crippen LogP contribution in [0.2, 0.25) is 5.02 Å². The number of carbonyl (C=O) groups is 1. The third-order valence-corrected chi connectivity index (χ3v) is 2.97. The molecule has 0 amide bonds. The van der Waals surface area contributed by atoms with Crippen molar-refractivity contribution in [3.8, 4) is 6.07 Å². The third-order valence-electron chi connectivity index (χ3n) is 2.72. The maximum Gasteiger partial charge on any atom is 0.157 e. The first kappa shape index (κ1) is 12.7. The van der Waals surface area contributed by atoms with Gasteiger partial charge in [-0.05, 0) is 24.1 Å². The summed E-state index contributed by atoms with van der Waals surface area (Å²) < 4.78 is 0. The number of hydrogen-bond acceptors (Lipinski definition) is 2. The summed E-state index contributed by atoms with van der Waals surface area (Å²) in [6, 6.07) is 8.92. The molecule has 0 N–H and O–H groups in total. The molecule has 2 nitrogen and oxygen atoms in total. The van der Waals surface area contributed by atoms with Gasteiger partial charge in [-0.3, -0.25) is 4.79 Å². The zero-order chi connectivity index (χ0) is 12.1. The Labute approximate surface area is 101 Å². The highest BCUT2D eigenvalue weighted by Crippen LogP contribution is 2.22. The van der Waals surface area contributed by atoms with Gasteiger partial charge < -0.3 is 0 Å². The SMILES string of the molecule is CCC(C)C(=O)C(C#N)c1ccc(Cl)cc1. The Bertz CT molecular complexity index is 405. The second-order valence-corrected chi connectivity index (χ2v) is 4.26. The van der Waals surface area contributed by atoms with Crippen LogP contribution in [0.3, 0.4) is 0 Å². The van der Waals surface area contributed by atoms with Crippen LogP contribution in [0.5, 0.6) is 0 Å². The van der Waals surface area contributed by atoms with Crippen molar-refractivity contribution in [2.24, 2.45) is 5.92 Å². The predicted octanol–water partition coefficient (Wildman–Crippen LogP) is 3.56. The van der Waals surface area contributed by atoms with E-state index in [2.05, 4.69) is 6.07 Å². The van der Waals surface area contributed by atoms with Crippen LogP contribution in [0.25, 0.3) is 0 Å². The van der Waals surface area contributed by atoms with E-state index < -0.39 is 5.92 Å². The number of halogens is 1. The molecule has 2 atom stereocenters. The van der Waals surface area contributed by atoms with Gasteiger partial charge in [0.15, 0.2) is 5.78 Å². The predicted molar refractivity (Wildman–Crippen MR) is 64.3 cm³/mol. The molecule has 84 valence electrons. The van der Waals surface area contributed by atoms with Crippen LogP contribution in [-0.2, 0) is 4.79 Å². The molecule has 0 saturated carbocycles. The van der Waals surface area contributed by atoms with Crippen LogP contribution < -0.4 is 0 Å². The first-order chi connectivity index (χ1) is 7.60. The topological polar surface area (TPSA) is 40.9 Å². The fourth-order valence-corrected chi connectivity index (χ4v) is 1.57. The third kappa shape index (κ3) is 2.84. The zero-order valence-electron chi connectivity index (χ0n) is 9.40. The smallest absolute Gasteiger partial charge is 0.157 e. The van der Waals surface area contributed by atoms with E-state index in [0.717, 1.165) is 12.0 Å². The summed E-state index contributed by atoms with van der Waals surface area (Å²) in [4.78, 5) is 11.9. The number of rotatable bonds is 4. The number of carbonyl (C=O) groups excluding carboxylic acids is 1. The van der Waals surface area contributed by atoms with E-state index in [4.69, 9.17) is 16.9 Å². The molecule has 0 saturated heterocycles. The molecule has 3 heteroatoms. The number of benzene rings is 1. The molecule has 0 aliphatic rings. The Balaban J connectivity index is 2.96. The van der Waals surface area contributed by atoms with Gasteiger partial charge in [0.1, 0.15) is 5.92 Å². The molecule has 2 unspecified atom stereocenters. The lowest BCUT2D eigenvalue weighted by Gasteiger charge is -2.13. The average molecular weight is 236 g/mol. The van der Waals surface area contributed by atoms with Crippen molar-refractivity contribution < 1.29 is 4.79 Å². The molecule has 0 fully saturated rings. The minimum atomic E-state index is -0.674. The molecule has 0 heterocycles. The van der Waals surface area contributed by atoms with Crippen LogP contribution in [0, 0.1) is 17.2 Å². The monoisotopic (exact) mass is 235 g/mol. The molecule has 0 spiro atoms. The molecule has 0 aromatic heterocycles. The largest absolute Gasteiger partial charge is 0.298 e. The van der Waals surface area contributed by atoms with E-state index in [-0.39, 0.29) is 11.7 Å². The summed E-state index contributed by atoms with van der Waals surface area (Å²) in [5, 5.41) is 9.67. The molecule has 0 aliphatic heterocycles. The maximum absolute atomic E-state index is 11.9. The Morgan fingerprint density at radius 1 is 1.44 bits per heavy atom. The van der Waals surface area contributed by atoms with Crippen LogP contribution >= 0.6 is 11.6 Å². The van der Waals surface area contributed by atoms with Crippen LogP contribution in [-0.4, -0.2) is 5.78 Å². The van der Waals surface area contributed by atoms with E-state index in [0.29, 0.717) is 5.02 Å². The van der Waals surface area contributed by atoms with Crippen LogP contribution in [0.4, 0.5) is 0 Å². The molecular weight excluding hydrogens is 222 g/mol. The summed E-state index contributed by atoms with van der Waals surface area (Å²) in [6.07, 6.45) is 0.755. The van der Waals surface area contributed by atoms with Gasteiger partial charge in [-0.1, -0.05) is 37.6 Å². The number of hydrogen-bond donors (Lipinski definition) is 0. The number of nitrogens with zero attached hydrogens (tertiary/aromatic N) is 1. The highest BCUT2D eigenvalue weighted by atomic mass is 35.5. The maximum atomic E-state index is 11.9. The van der Waals surface area contributed by atoms with Crippen LogP contribution in [0.1, 0.15) is 31.7 Å². The standard InChI is InChI=1S/C13H14ClNO/c1-3-9(2)13(16)12(8-15)10-4-6-11(14)7-5-10/h4-7,9,12H,3H2,1-2H3. The zero-order valence-corrected chi connectivity index (χ0v) is 10.2. The van der Waals surface area contributed by atoms with E-state index >= 15 is 0 Å². The lowest BCUT2D eigenvalue weighted by atomic mass is 9.88. The van der Waals surface area contributed by atoms with Gasteiger partial charge in [0.2, 0.25) is 0 Å². The Hall–Kier alpha value is -1.33. The molecular formula is C13H14ClNO. The first-order valence-electron chi connectivity index (χ1n) is 5.29. The normalized spacial score (nSPS) is 13.9. The quantitative estimate of drug-likeness (QED) is 0.801. The number of ketones is 1. The highest BCUT2D eigenvalue weighted by molar-refractivity contribution is 6.30. The van der Waals surface area contributed by atoms with E-state index in [9.17, 15) is 4.79 Å². The second kappa shape index (κ2) is 5.67. The van der Waals surface area contributed by atoms with Gasteiger partial charge in [0.25, 0.3) is 0 Å². The van der Waals surface area contributed by atoms with Crippen molar-refractivity contribution in [2.45, 2.75) is 26.2 Å². The highest BCUT2D eigenvalue weighted by Gasteiger charge is 2.23. The molecule has 0 bridgehead atoms. The first-order valence-corrected chi connectivity index (χ1v) is 5.66. The van der Waals surface area contributed by atoms with Gasteiger partial charge in [0, 0.05) is 10.9 Å². The van der Waals surface area contributed by atoms with Gasteiger partial charge in [0.05, 0.1) is 6.07 Å². The van der Waals surface area contributed by atoms with Crippen molar-refractivity contribution >= 4 is 17.4 Å². The molecule has 1 rings (SSSR count). The molecule has 0 aliphatic carbocycles. The summed E-state index contributed by atoms with van der Waals surface area (Å²) in [6.45, 7) is 3.79. The summed E-state index contributed by atoms with van der Waals surface area (Å²) in [5.74, 6) is -0.778. The molecule has 1 aromatic carbocycles. The van der Waals surface area contributed by atoms with Crippen LogP contribution in [0.15, 0.2) is 24.3 Å². The fourth-order valence-electron chi connectivity index (χ4n) is 1.44. The van der Waals surface area contributed by atoms with Crippen molar-refractivity contribution in [2.75, 3.05) is 0 Å². The minimum Gasteiger partial charge on any atom is -0.298 e. The average Bonchev–Trinajstić information content (AvgIpc) is 2.31. The lowest BCUT2D eigenvalue weighted by molar-refractivity contribution is -0.122. The van der Waals surface area contributed by atoms with Crippen molar-refractivity contribution in [3.63, 3.8) is 0 Å². The van der Waals surface area contributed by atoms with E-state index in [1.165, 1.54) is 0 Å². The Kier molecular flexibility index (Phi) is 4.52. The molecule has 1 aromatic rings. The number of Topliss-reactive ketones (excluding diaryl/α,β-unsaturated/α-hetero) is 1. The lowest BCUT2D eigenvalue weighted by Crippen LogP contribution is -2.18. The van der Waals surface area contributed by atoms with Gasteiger partial charge >= 0.3 is 0 Å². The molecule has 0 radical (unpaired) electrons. The summed E-state index contributed by atoms with van der Waals surface area (Å²) >= 11 is 5.76. The van der Waals surface area contributed by atoms with Gasteiger partial charge in [-0.25, -0.2) is 0 Å². The van der Waals surface area contributed by atoms with E-state index in [1.807, 2.05) is 13.8 Å². The van der Waals surface area contributed by atoms with Crippen molar-refractivity contribution in [1.29, 1.82) is 5.26 Å². The summed E-state index contributed by atoms with van der Waals surface area (Å²) in [5.41, 5.74) is 0.720. The fraction of sp³-hybridized carbons (Fsp3) is 0.385.